The maximum atomic E-state index is 5.21. The van der Waals surface area contributed by atoms with E-state index in [9.17, 15) is 0 Å². The fourth-order valence-electron chi connectivity index (χ4n) is 2.29. The van der Waals surface area contributed by atoms with Crippen LogP contribution in [0.15, 0.2) is 41.4 Å². The second kappa shape index (κ2) is 7.96. The first-order valence-electron chi connectivity index (χ1n) is 7.39. The Hall–Kier alpha value is -1.65. The molecule has 1 heterocycles. The van der Waals surface area contributed by atoms with E-state index < -0.39 is 0 Å². The first-order chi connectivity index (χ1) is 10.2. The summed E-state index contributed by atoms with van der Waals surface area (Å²) in [6, 6.07) is 8.27. The number of hydrogen-bond donors (Lipinski definition) is 0. The van der Waals surface area contributed by atoms with E-state index in [1.54, 1.807) is 7.11 Å². The Morgan fingerprint density at radius 2 is 1.95 bits per heavy atom. The number of likely N-dealkylation sites (N-methyl/N-ethyl adjacent to an activating group) is 1. The zero-order valence-corrected chi connectivity index (χ0v) is 13.2. The molecule has 1 aliphatic heterocycles. The molecule has 1 aromatic carbocycles. The van der Waals surface area contributed by atoms with Gasteiger partial charge in [-0.1, -0.05) is 18.2 Å². The molecule has 1 atom stereocenters. The van der Waals surface area contributed by atoms with Crippen molar-refractivity contribution in [1.29, 1.82) is 0 Å². The van der Waals surface area contributed by atoms with Gasteiger partial charge in [0.25, 0.3) is 0 Å². The standard InChI is InChI=1S/C17H25N3O/c1-19(2)12-13-20(17-6-4-5-11-18-17)14-15-7-9-16(21-3)10-8-15/h4,6-11,17H,5,12-14H2,1-3H3. The summed E-state index contributed by atoms with van der Waals surface area (Å²) >= 11 is 0. The van der Waals surface area contributed by atoms with Crippen molar-refractivity contribution in [3.05, 3.63) is 42.0 Å². The molecule has 1 aromatic rings. The Morgan fingerprint density at radius 1 is 1.19 bits per heavy atom. The van der Waals surface area contributed by atoms with Crippen molar-refractivity contribution in [3.63, 3.8) is 0 Å². The third-order valence-electron chi connectivity index (χ3n) is 3.56. The molecule has 0 saturated heterocycles. The summed E-state index contributed by atoms with van der Waals surface area (Å²) in [5.74, 6) is 0.897. The van der Waals surface area contributed by atoms with Crippen LogP contribution in [0.5, 0.6) is 5.75 Å². The lowest BCUT2D eigenvalue weighted by atomic mass is 10.2. The van der Waals surface area contributed by atoms with Gasteiger partial charge in [-0.15, -0.1) is 0 Å². The van der Waals surface area contributed by atoms with Crippen LogP contribution in [-0.2, 0) is 6.54 Å². The molecule has 21 heavy (non-hydrogen) atoms. The Morgan fingerprint density at radius 3 is 2.52 bits per heavy atom. The molecule has 0 bridgehead atoms. The van der Waals surface area contributed by atoms with Crippen LogP contribution < -0.4 is 4.74 Å². The predicted molar refractivity (Wildman–Crippen MR) is 88.0 cm³/mol. The molecule has 0 radical (unpaired) electrons. The fourth-order valence-corrected chi connectivity index (χ4v) is 2.29. The molecule has 0 saturated carbocycles. The topological polar surface area (TPSA) is 28.1 Å². The van der Waals surface area contributed by atoms with E-state index in [4.69, 9.17) is 4.74 Å². The average Bonchev–Trinajstić information content (AvgIpc) is 2.52. The maximum Gasteiger partial charge on any atom is 0.120 e. The summed E-state index contributed by atoms with van der Waals surface area (Å²) in [5, 5.41) is 0. The molecule has 1 aliphatic rings. The van der Waals surface area contributed by atoms with E-state index in [0.29, 0.717) is 0 Å². The monoisotopic (exact) mass is 287 g/mol. The van der Waals surface area contributed by atoms with Gasteiger partial charge in [0, 0.05) is 32.3 Å². The van der Waals surface area contributed by atoms with Gasteiger partial charge in [0.1, 0.15) is 11.9 Å². The molecule has 0 aromatic heterocycles. The Balaban J connectivity index is 2.04. The Bertz CT molecular complexity index is 467. The van der Waals surface area contributed by atoms with Gasteiger partial charge in [-0.25, -0.2) is 0 Å². The highest BCUT2D eigenvalue weighted by molar-refractivity contribution is 5.61. The van der Waals surface area contributed by atoms with Gasteiger partial charge in [-0.05, 0) is 37.9 Å². The molecule has 0 N–H and O–H groups in total. The number of allylic oxidation sites excluding steroid dienone is 1. The normalized spacial score (nSPS) is 17.7. The quantitative estimate of drug-likeness (QED) is 0.721. The van der Waals surface area contributed by atoms with E-state index in [1.807, 2.05) is 18.3 Å². The second-order valence-corrected chi connectivity index (χ2v) is 5.53. The highest BCUT2D eigenvalue weighted by atomic mass is 16.5. The summed E-state index contributed by atoms with van der Waals surface area (Å²) < 4.78 is 5.21. The number of hydrogen-bond acceptors (Lipinski definition) is 4. The first-order valence-corrected chi connectivity index (χ1v) is 7.39. The molecular formula is C17H25N3O. The summed E-state index contributed by atoms with van der Waals surface area (Å²) in [7, 11) is 5.90. The number of aliphatic imine (C=N–C) groups is 1. The minimum atomic E-state index is 0.154. The van der Waals surface area contributed by atoms with Crippen LogP contribution in [0, 0.1) is 0 Å². The van der Waals surface area contributed by atoms with Crippen molar-refractivity contribution in [1.82, 2.24) is 9.80 Å². The second-order valence-electron chi connectivity index (χ2n) is 5.53. The Kier molecular flexibility index (Phi) is 5.96. The van der Waals surface area contributed by atoms with Crippen molar-refractivity contribution in [3.8, 4) is 5.75 Å². The molecular weight excluding hydrogens is 262 g/mol. The Labute approximate surface area is 127 Å². The lowest BCUT2D eigenvalue weighted by Gasteiger charge is -2.29. The van der Waals surface area contributed by atoms with Gasteiger partial charge in [0.15, 0.2) is 0 Å². The van der Waals surface area contributed by atoms with Crippen LogP contribution in [-0.4, -0.2) is 56.5 Å². The zero-order chi connectivity index (χ0) is 15.1. The van der Waals surface area contributed by atoms with Crippen LogP contribution in [0.1, 0.15) is 12.0 Å². The number of ether oxygens (including phenoxy) is 1. The highest BCUT2D eigenvalue weighted by Gasteiger charge is 2.16. The number of rotatable bonds is 7. The van der Waals surface area contributed by atoms with Gasteiger partial charge >= 0.3 is 0 Å². The van der Waals surface area contributed by atoms with E-state index in [2.05, 4.69) is 53.2 Å². The van der Waals surface area contributed by atoms with Crippen molar-refractivity contribution in [2.75, 3.05) is 34.3 Å². The summed E-state index contributed by atoms with van der Waals surface area (Å²) in [5.41, 5.74) is 1.28. The molecule has 1 unspecified atom stereocenters. The third-order valence-corrected chi connectivity index (χ3v) is 3.56. The fraction of sp³-hybridized carbons (Fsp3) is 0.471. The molecule has 0 spiro atoms. The van der Waals surface area contributed by atoms with Gasteiger partial charge in [0.05, 0.1) is 7.11 Å². The summed E-state index contributed by atoms with van der Waals surface area (Å²) in [6.07, 6.45) is 7.48. The molecule has 4 heteroatoms. The largest absolute Gasteiger partial charge is 0.497 e. The summed E-state index contributed by atoms with van der Waals surface area (Å²) in [4.78, 5) is 9.21. The van der Waals surface area contributed by atoms with Crippen molar-refractivity contribution >= 4 is 6.21 Å². The van der Waals surface area contributed by atoms with E-state index in [-0.39, 0.29) is 6.17 Å². The number of benzene rings is 1. The smallest absolute Gasteiger partial charge is 0.120 e. The molecule has 0 amide bonds. The van der Waals surface area contributed by atoms with E-state index in [0.717, 1.165) is 31.8 Å². The average molecular weight is 287 g/mol. The zero-order valence-electron chi connectivity index (χ0n) is 13.2. The molecule has 114 valence electrons. The third kappa shape index (κ3) is 4.99. The van der Waals surface area contributed by atoms with Crippen LogP contribution in [0.25, 0.3) is 0 Å². The first kappa shape index (κ1) is 15.7. The summed E-state index contributed by atoms with van der Waals surface area (Å²) in [6.45, 7) is 2.91. The number of methoxy groups -OCH3 is 1. The number of dihydropyridines is 1. The van der Waals surface area contributed by atoms with Crippen LogP contribution in [0.2, 0.25) is 0 Å². The van der Waals surface area contributed by atoms with Crippen LogP contribution >= 0.6 is 0 Å². The predicted octanol–water partition coefficient (Wildman–Crippen LogP) is 2.42. The lowest BCUT2D eigenvalue weighted by Crippen LogP contribution is -2.38. The molecule has 2 rings (SSSR count). The van der Waals surface area contributed by atoms with Gasteiger partial charge in [-0.2, -0.15) is 0 Å². The molecule has 0 aliphatic carbocycles. The molecule has 0 fully saturated rings. The van der Waals surface area contributed by atoms with Crippen LogP contribution in [0.3, 0.4) is 0 Å². The minimum absolute atomic E-state index is 0.154. The van der Waals surface area contributed by atoms with Crippen molar-refractivity contribution in [2.45, 2.75) is 19.1 Å². The van der Waals surface area contributed by atoms with Crippen molar-refractivity contribution < 1.29 is 4.74 Å². The minimum Gasteiger partial charge on any atom is -0.497 e. The van der Waals surface area contributed by atoms with Gasteiger partial charge in [0.2, 0.25) is 0 Å². The van der Waals surface area contributed by atoms with Gasteiger partial charge < -0.3 is 9.64 Å². The van der Waals surface area contributed by atoms with Crippen molar-refractivity contribution in [2.24, 2.45) is 4.99 Å². The highest BCUT2D eigenvalue weighted by Crippen LogP contribution is 2.16. The van der Waals surface area contributed by atoms with Gasteiger partial charge in [-0.3, -0.25) is 9.89 Å². The molecule has 4 nitrogen and oxygen atoms in total. The van der Waals surface area contributed by atoms with Crippen LogP contribution in [0.4, 0.5) is 0 Å². The lowest BCUT2D eigenvalue weighted by molar-refractivity contribution is 0.201. The van der Waals surface area contributed by atoms with E-state index >= 15 is 0 Å². The van der Waals surface area contributed by atoms with E-state index in [1.165, 1.54) is 5.56 Å². The SMILES string of the molecule is COc1ccc(CN(CCN(C)C)C2C=CCC=N2)cc1. The number of nitrogens with zero attached hydrogens (tertiary/aromatic N) is 3. The maximum absolute atomic E-state index is 5.21.